The number of hydrogen-bond donors (Lipinski definition) is 3. The maximum absolute atomic E-state index is 13.4. The lowest BCUT2D eigenvalue weighted by Gasteiger charge is -2.38. The van der Waals surface area contributed by atoms with Gasteiger partial charge in [0, 0.05) is 31.0 Å². The molecule has 206 valence electrons. The van der Waals surface area contributed by atoms with Gasteiger partial charge in [-0.1, -0.05) is 6.07 Å². The summed E-state index contributed by atoms with van der Waals surface area (Å²) < 4.78 is 20.4. The number of nitrogens with zero attached hydrogens (tertiary/aromatic N) is 7. The van der Waals surface area contributed by atoms with E-state index >= 15 is 0 Å². The molecule has 13 heteroatoms. The minimum Gasteiger partial charge on any atom is -0.368 e. The molecule has 0 bridgehead atoms. The van der Waals surface area contributed by atoms with Crippen LogP contribution in [0, 0.1) is 24.1 Å². The fourth-order valence-electron chi connectivity index (χ4n) is 4.96. The van der Waals surface area contributed by atoms with E-state index in [0.29, 0.717) is 48.8 Å². The Balaban J connectivity index is 1.24. The van der Waals surface area contributed by atoms with Crippen LogP contribution in [0.1, 0.15) is 67.2 Å². The van der Waals surface area contributed by atoms with Crippen LogP contribution in [0.3, 0.4) is 0 Å². The summed E-state index contributed by atoms with van der Waals surface area (Å²) in [5.74, 6) is 0.854. The molecule has 12 nitrogen and oxygen atoms in total. The predicted molar refractivity (Wildman–Crippen MR) is 142 cm³/mol. The van der Waals surface area contributed by atoms with Gasteiger partial charge in [0.1, 0.15) is 11.7 Å². The number of aryl methyl sites for hydroxylation is 1. The van der Waals surface area contributed by atoms with Crippen molar-refractivity contribution < 1.29 is 13.9 Å². The number of pyridine rings is 1. The molecule has 0 spiro atoms. The van der Waals surface area contributed by atoms with Gasteiger partial charge in [0.05, 0.1) is 30.3 Å². The molecule has 4 heterocycles. The number of anilines is 2. The number of amides is 1. The van der Waals surface area contributed by atoms with E-state index in [4.69, 9.17) is 4.74 Å². The Kier molecular flexibility index (Phi) is 7.52. The van der Waals surface area contributed by atoms with Gasteiger partial charge >= 0.3 is 0 Å². The van der Waals surface area contributed by atoms with Gasteiger partial charge in [-0.2, -0.15) is 15.5 Å². The third kappa shape index (κ3) is 5.52. The van der Waals surface area contributed by atoms with Crippen LogP contribution in [-0.2, 0) is 9.53 Å². The van der Waals surface area contributed by atoms with Crippen LogP contribution in [0.15, 0.2) is 43.0 Å². The normalized spacial score (nSPS) is 19.5. The number of hydrogen-bond acceptors (Lipinski definition) is 9. The number of aromatic amines is 1. The standard InChI is InChI=1S/C27H29FN10O2/c1-16-10-22(37-36-16)34-23-14-30-21(11-29)25(35-23)18-6-8-27(40-3,9-7-18)26(39)33-17(2)19-4-5-24(31-12-19)38-15-20(28)13-32-38/h4-5,10,12-15,17-18H,6-9H2,1-3H3,(H,33,39)(H2,34,35,36,37)/t17-,18-,27-/m0/s1. The van der Waals surface area contributed by atoms with Crippen molar-refractivity contribution in [3.05, 3.63) is 71.4 Å². The van der Waals surface area contributed by atoms with E-state index in [1.807, 2.05) is 26.0 Å². The zero-order valence-corrected chi connectivity index (χ0v) is 22.3. The number of carbonyl (C=O) groups excluding carboxylic acids is 1. The first kappa shape index (κ1) is 26.9. The van der Waals surface area contributed by atoms with Crippen molar-refractivity contribution in [1.82, 2.24) is 40.2 Å². The summed E-state index contributed by atoms with van der Waals surface area (Å²) in [7, 11) is 1.54. The van der Waals surface area contributed by atoms with Crippen molar-refractivity contribution in [3.63, 3.8) is 0 Å². The third-order valence-electron chi connectivity index (χ3n) is 7.26. The number of methoxy groups -OCH3 is 1. The number of nitrogens with one attached hydrogen (secondary N) is 3. The van der Waals surface area contributed by atoms with Gasteiger partial charge in [-0.15, -0.1) is 0 Å². The van der Waals surface area contributed by atoms with Crippen molar-refractivity contribution in [2.45, 2.75) is 57.1 Å². The summed E-state index contributed by atoms with van der Waals surface area (Å²) in [5, 5.41) is 26.8. The number of rotatable bonds is 8. The second kappa shape index (κ2) is 11.2. The SMILES string of the molecule is CO[C@]1(C(=O)N[C@@H](C)c2ccc(-n3cc(F)cn3)nc2)CC[C@@H](c2nc(Nc3cc(C)[nH]n3)cnc2C#N)CC1. The lowest BCUT2D eigenvalue weighted by atomic mass is 9.76. The lowest BCUT2D eigenvalue weighted by Crippen LogP contribution is -2.50. The van der Waals surface area contributed by atoms with Crippen molar-refractivity contribution in [1.29, 1.82) is 5.26 Å². The molecule has 4 aromatic heterocycles. The molecule has 0 aliphatic heterocycles. The topological polar surface area (TPSA) is 159 Å². The number of H-pyrrole nitrogens is 1. The summed E-state index contributed by atoms with van der Waals surface area (Å²) in [6.07, 6.45) is 7.60. The van der Waals surface area contributed by atoms with E-state index in [-0.39, 0.29) is 23.6 Å². The van der Waals surface area contributed by atoms with Gasteiger partial charge in [0.2, 0.25) is 0 Å². The number of nitriles is 1. The van der Waals surface area contributed by atoms with Gasteiger partial charge < -0.3 is 15.4 Å². The average molecular weight is 545 g/mol. The average Bonchev–Trinajstić information content (AvgIpc) is 3.60. The molecule has 1 amide bonds. The number of halogens is 1. The highest BCUT2D eigenvalue weighted by molar-refractivity contribution is 5.85. The minimum atomic E-state index is -1.01. The largest absolute Gasteiger partial charge is 0.368 e. The van der Waals surface area contributed by atoms with Crippen molar-refractivity contribution in [2.24, 2.45) is 0 Å². The Morgan fingerprint density at radius 3 is 2.65 bits per heavy atom. The zero-order chi connectivity index (χ0) is 28.3. The second-order valence-electron chi connectivity index (χ2n) is 9.88. The lowest BCUT2D eigenvalue weighted by molar-refractivity contribution is -0.148. The van der Waals surface area contributed by atoms with Crippen molar-refractivity contribution >= 4 is 17.5 Å². The van der Waals surface area contributed by atoms with Crippen LogP contribution in [0.25, 0.3) is 5.82 Å². The number of aromatic nitrogens is 7. The van der Waals surface area contributed by atoms with Gasteiger partial charge in [-0.25, -0.2) is 24.0 Å². The van der Waals surface area contributed by atoms with Gasteiger partial charge in [0.15, 0.2) is 29.0 Å². The molecule has 40 heavy (non-hydrogen) atoms. The Morgan fingerprint density at radius 2 is 2.05 bits per heavy atom. The highest BCUT2D eigenvalue weighted by atomic mass is 19.1. The monoisotopic (exact) mass is 544 g/mol. The Labute approximate surface area is 230 Å². The van der Waals surface area contributed by atoms with E-state index in [0.717, 1.165) is 17.5 Å². The summed E-state index contributed by atoms with van der Waals surface area (Å²) in [6.45, 7) is 3.76. The third-order valence-corrected chi connectivity index (χ3v) is 7.26. The Hall–Kier alpha value is -4.70. The van der Waals surface area contributed by atoms with Gasteiger partial charge in [0.25, 0.3) is 5.91 Å². The molecule has 4 aromatic rings. The summed E-state index contributed by atoms with van der Waals surface area (Å²) >= 11 is 0. The summed E-state index contributed by atoms with van der Waals surface area (Å²) in [6, 6.07) is 7.18. The van der Waals surface area contributed by atoms with E-state index in [1.165, 1.54) is 17.1 Å². The molecular weight excluding hydrogens is 515 g/mol. The van der Waals surface area contributed by atoms with Crippen LogP contribution >= 0.6 is 0 Å². The van der Waals surface area contributed by atoms with E-state index in [1.54, 1.807) is 19.4 Å². The molecule has 0 unspecified atom stereocenters. The van der Waals surface area contributed by atoms with Crippen molar-refractivity contribution in [3.8, 4) is 11.9 Å². The number of ether oxygens (including phenoxy) is 1. The van der Waals surface area contributed by atoms with Crippen LogP contribution in [0.5, 0.6) is 0 Å². The van der Waals surface area contributed by atoms with Crippen LogP contribution in [-0.4, -0.2) is 53.5 Å². The smallest absolute Gasteiger partial charge is 0.252 e. The summed E-state index contributed by atoms with van der Waals surface area (Å²) in [5.41, 5.74) is 1.55. The molecule has 0 aromatic carbocycles. The van der Waals surface area contributed by atoms with Crippen molar-refractivity contribution in [2.75, 3.05) is 12.4 Å². The van der Waals surface area contributed by atoms with Crippen LogP contribution < -0.4 is 10.6 Å². The van der Waals surface area contributed by atoms with Gasteiger partial charge in [-0.3, -0.25) is 9.89 Å². The fourth-order valence-corrected chi connectivity index (χ4v) is 4.96. The molecule has 0 saturated heterocycles. The Morgan fingerprint density at radius 1 is 1.25 bits per heavy atom. The zero-order valence-electron chi connectivity index (χ0n) is 22.3. The fraction of sp³-hybridized carbons (Fsp3) is 0.370. The van der Waals surface area contributed by atoms with E-state index < -0.39 is 11.4 Å². The summed E-state index contributed by atoms with van der Waals surface area (Å²) in [4.78, 5) is 26.8. The maximum atomic E-state index is 13.4. The highest BCUT2D eigenvalue weighted by Gasteiger charge is 2.43. The molecule has 1 atom stereocenters. The Bertz CT molecular complexity index is 1530. The minimum absolute atomic E-state index is 0.0535. The number of carbonyl (C=O) groups is 1. The molecule has 1 saturated carbocycles. The van der Waals surface area contributed by atoms with Crippen LogP contribution in [0.4, 0.5) is 16.0 Å². The molecule has 1 aliphatic carbocycles. The van der Waals surface area contributed by atoms with E-state index in [2.05, 4.69) is 47.0 Å². The molecule has 5 rings (SSSR count). The maximum Gasteiger partial charge on any atom is 0.252 e. The predicted octanol–water partition coefficient (Wildman–Crippen LogP) is 3.76. The molecule has 3 N–H and O–H groups in total. The first-order valence-corrected chi connectivity index (χ1v) is 12.9. The quantitative estimate of drug-likeness (QED) is 0.300. The van der Waals surface area contributed by atoms with Gasteiger partial charge in [-0.05, 0) is 51.2 Å². The first-order chi connectivity index (χ1) is 19.3. The molecule has 1 aliphatic rings. The molecule has 0 radical (unpaired) electrons. The molecule has 1 fully saturated rings. The first-order valence-electron chi connectivity index (χ1n) is 12.9. The highest BCUT2D eigenvalue weighted by Crippen LogP contribution is 2.40. The van der Waals surface area contributed by atoms with Crippen LogP contribution in [0.2, 0.25) is 0 Å². The molecular formula is C27H29FN10O2. The second-order valence-corrected chi connectivity index (χ2v) is 9.88. The van der Waals surface area contributed by atoms with E-state index in [9.17, 15) is 14.4 Å².